The van der Waals surface area contributed by atoms with Crippen molar-refractivity contribution in [2.75, 3.05) is 33.2 Å². The van der Waals surface area contributed by atoms with Crippen molar-refractivity contribution in [3.63, 3.8) is 0 Å². The molecule has 0 fully saturated rings. The number of amides is 1. The summed E-state index contributed by atoms with van der Waals surface area (Å²) in [6, 6.07) is 10.4. The van der Waals surface area contributed by atoms with Gasteiger partial charge in [-0.1, -0.05) is 37.3 Å². The molecular formula is C15H25N3O. The summed E-state index contributed by atoms with van der Waals surface area (Å²) in [6.07, 6.45) is 0.973. The van der Waals surface area contributed by atoms with Gasteiger partial charge in [-0.15, -0.1) is 0 Å². The maximum atomic E-state index is 11.4. The zero-order chi connectivity index (χ0) is 13.9. The number of hydrogen-bond acceptors (Lipinski definition) is 3. The highest BCUT2D eigenvalue weighted by molar-refractivity contribution is 5.77. The van der Waals surface area contributed by atoms with Crippen molar-refractivity contribution in [2.45, 2.75) is 19.9 Å². The van der Waals surface area contributed by atoms with Crippen LogP contribution < -0.4 is 10.6 Å². The van der Waals surface area contributed by atoms with Crippen LogP contribution in [-0.2, 0) is 11.3 Å². The van der Waals surface area contributed by atoms with Crippen LogP contribution in [0.3, 0.4) is 0 Å². The fourth-order valence-corrected chi connectivity index (χ4v) is 1.85. The molecule has 0 heterocycles. The standard InChI is InChI=1S/C15H25N3O/c1-3-16-12-15(19)17-10-7-11-18(2)13-14-8-5-4-6-9-14/h4-6,8-9,16H,3,7,10-13H2,1-2H3,(H,17,19). The Bertz CT molecular complexity index is 354. The summed E-state index contributed by atoms with van der Waals surface area (Å²) in [5.41, 5.74) is 1.32. The molecular weight excluding hydrogens is 238 g/mol. The number of benzene rings is 1. The SMILES string of the molecule is CCNCC(=O)NCCCN(C)Cc1ccccc1. The fraction of sp³-hybridized carbons (Fsp3) is 0.533. The van der Waals surface area contributed by atoms with E-state index in [0.717, 1.165) is 32.6 Å². The lowest BCUT2D eigenvalue weighted by molar-refractivity contribution is -0.120. The number of nitrogens with one attached hydrogen (secondary N) is 2. The Balaban J connectivity index is 2.07. The molecule has 106 valence electrons. The molecule has 0 saturated heterocycles. The van der Waals surface area contributed by atoms with Crippen molar-refractivity contribution in [3.8, 4) is 0 Å². The van der Waals surface area contributed by atoms with Gasteiger partial charge in [-0.3, -0.25) is 4.79 Å². The van der Waals surface area contributed by atoms with E-state index in [-0.39, 0.29) is 5.91 Å². The van der Waals surface area contributed by atoms with Gasteiger partial charge >= 0.3 is 0 Å². The molecule has 0 bridgehead atoms. The minimum absolute atomic E-state index is 0.0764. The summed E-state index contributed by atoms with van der Waals surface area (Å²) in [5.74, 6) is 0.0764. The molecule has 0 atom stereocenters. The Labute approximate surface area is 116 Å². The molecule has 0 spiro atoms. The van der Waals surface area contributed by atoms with E-state index in [2.05, 4.69) is 46.8 Å². The summed E-state index contributed by atoms with van der Waals surface area (Å²) in [7, 11) is 2.10. The van der Waals surface area contributed by atoms with Gasteiger partial charge in [-0.05, 0) is 32.1 Å². The maximum Gasteiger partial charge on any atom is 0.233 e. The molecule has 1 rings (SSSR count). The molecule has 0 aliphatic carbocycles. The van der Waals surface area contributed by atoms with Gasteiger partial charge in [0.15, 0.2) is 0 Å². The van der Waals surface area contributed by atoms with Gasteiger partial charge in [-0.25, -0.2) is 0 Å². The molecule has 0 unspecified atom stereocenters. The van der Waals surface area contributed by atoms with Crippen molar-refractivity contribution >= 4 is 5.91 Å². The van der Waals surface area contributed by atoms with Crippen LogP contribution in [0.4, 0.5) is 0 Å². The summed E-state index contributed by atoms with van der Waals surface area (Å²) < 4.78 is 0. The lowest BCUT2D eigenvalue weighted by Gasteiger charge is -2.16. The fourth-order valence-electron chi connectivity index (χ4n) is 1.85. The number of carbonyl (C=O) groups excluding carboxylic acids is 1. The Morgan fingerprint density at radius 1 is 1.26 bits per heavy atom. The number of nitrogens with zero attached hydrogens (tertiary/aromatic N) is 1. The second kappa shape index (κ2) is 9.53. The van der Waals surface area contributed by atoms with Gasteiger partial charge in [0, 0.05) is 13.1 Å². The third kappa shape index (κ3) is 7.59. The highest BCUT2D eigenvalue weighted by Gasteiger charge is 2.01. The van der Waals surface area contributed by atoms with E-state index < -0.39 is 0 Å². The molecule has 2 N–H and O–H groups in total. The molecule has 4 heteroatoms. The minimum Gasteiger partial charge on any atom is -0.355 e. The van der Waals surface area contributed by atoms with E-state index in [1.165, 1.54) is 5.56 Å². The molecule has 0 aliphatic rings. The van der Waals surface area contributed by atoms with Crippen molar-refractivity contribution < 1.29 is 4.79 Å². The third-order valence-electron chi connectivity index (χ3n) is 2.87. The zero-order valence-corrected chi connectivity index (χ0v) is 12.0. The van der Waals surface area contributed by atoms with E-state index in [4.69, 9.17) is 0 Å². The third-order valence-corrected chi connectivity index (χ3v) is 2.87. The molecule has 0 saturated carbocycles. The van der Waals surface area contributed by atoms with Crippen molar-refractivity contribution in [1.29, 1.82) is 0 Å². The van der Waals surface area contributed by atoms with E-state index in [1.807, 2.05) is 13.0 Å². The normalized spacial score (nSPS) is 10.7. The first-order valence-electron chi connectivity index (χ1n) is 6.92. The van der Waals surface area contributed by atoms with Crippen molar-refractivity contribution in [1.82, 2.24) is 15.5 Å². The van der Waals surface area contributed by atoms with Gasteiger partial charge in [0.2, 0.25) is 5.91 Å². The Morgan fingerprint density at radius 2 is 2.00 bits per heavy atom. The van der Waals surface area contributed by atoms with Crippen LogP contribution in [0.25, 0.3) is 0 Å². The summed E-state index contributed by atoms with van der Waals surface area (Å²) >= 11 is 0. The predicted octanol–water partition coefficient (Wildman–Crippen LogP) is 1.23. The van der Waals surface area contributed by atoms with Crippen molar-refractivity contribution in [3.05, 3.63) is 35.9 Å². The molecule has 1 aromatic carbocycles. The Kier molecular flexibility index (Phi) is 7.86. The largest absolute Gasteiger partial charge is 0.355 e. The number of likely N-dealkylation sites (N-methyl/N-ethyl adjacent to an activating group) is 1. The average Bonchev–Trinajstić information content (AvgIpc) is 2.42. The van der Waals surface area contributed by atoms with Gasteiger partial charge < -0.3 is 15.5 Å². The molecule has 0 radical (unpaired) electrons. The first kappa shape index (κ1) is 15.7. The maximum absolute atomic E-state index is 11.4. The van der Waals surface area contributed by atoms with Crippen LogP contribution in [0.5, 0.6) is 0 Å². The monoisotopic (exact) mass is 263 g/mol. The van der Waals surface area contributed by atoms with E-state index >= 15 is 0 Å². The average molecular weight is 263 g/mol. The molecule has 19 heavy (non-hydrogen) atoms. The van der Waals surface area contributed by atoms with E-state index in [0.29, 0.717) is 6.54 Å². The molecule has 1 amide bonds. The Hall–Kier alpha value is -1.39. The van der Waals surface area contributed by atoms with E-state index in [1.54, 1.807) is 0 Å². The summed E-state index contributed by atoms with van der Waals surface area (Å²) in [6.45, 7) is 5.90. The molecule has 0 aromatic heterocycles. The number of rotatable bonds is 9. The highest BCUT2D eigenvalue weighted by atomic mass is 16.1. The summed E-state index contributed by atoms with van der Waals surface area (Å²) in [4.78, 5) is 13.6. The second-order valence-electron chi connectivity index (χ2n) is 4.71. The van der Waals surface area contributed by atoms with Crippen LogP contribution >= 0.6 is 0 Å². The van der Waals surface area contributed by atoms with Crippen LogP contribution in [0.15, 0.2) is 30.3 Å². The summed E-state index contributed by atoms with van der Waals surface area (Å²) in [5, 5.41) is 5.92. The smallest absolute Gasteiger partial charge is 0.233 e. The van der Waals surface area contributed by atoms with Gasteiger partial charge in [0.1, 0.15) is 0 Å². The van der Waals surface area contributed by atoms with Gasteiger partial charge in [-0.2, -0.15) is 0 Å². The lowest BCUT2D eigenvalue weighted by atomic mass is 10.2. The molecule has 4 nitrogen and oxygen atoms in total. The molecule has 0 aliphatic heterocycles. The van der Waals surface area contributed by atoms with Gasteiger partial charge in [0.05, 0.1) is 6.54 Å². The minimum atomic E-state index is 0.0764. The van der Waals surface area contributed by atoms with Crippen LogP contribution in [0, 0.1) is 0 Å². The first-order valence-corrected chi connectivity index (χ1v) is 6.92. The predicted molar refractivity (Wildman–Crippen MR) is 78.9 cm³/mol. The number of hydrogen-bond donors (Lipinski definition) is 2. The van der Waals surface area contributed by atoms with E-state index in [9.17, 15) is 4.79 Å². The first-order chi connectivity index (χ1) is 9.22. The lowest BCUT2D eigenvalue weighted by Crippen LogP contribution is -2.35. The highest BCUT2D eigenvalue weighted by Crippen LogP contribution is 2.02. The van der Waals surface area contributed by atoms with Gasteiger partial charge in [0.25, 0.3) is 0 Å². The molecule has 1 aromatic rings. The van der Waals surface area contributed by atoms with Crippen LogP contribution in [0.1, 0.15) is 18.9 Å². The topological polar surface area (TPSA) is 44.4 Å². The quantitative estimate of drug-likeness (QED) is 0.659. The Morgan fingerprint density at radius 3 is 2.68 bits per heavy atom. The van der Waals surface area contributed by atoms with Crippen molar-refractivity contribution in [2.24, 2.45) is 0 Å². The second-order valence-corrected chi connectivity index (χ2v) is 4.71. The van der Waals surface area contributed by atoms with Crippen LogP contribution in [-0.4, -0.2) is 44.0 Å². The van der Waals surface area contributed by atoms with Crippen LogP contribution in [0.2, 0.25) is 0 Å². The zero-order valence-electron chi connectivity index (χ0n) is 12.0. The number of carbonyl (C=O) groups is 1.